The molecule has 13 rings (SSSR count). The lowest BCUT2D eigenvalue weighted by molar-refractivity contribution is 1.35. The topological polar surface area (TPSA) is 79.7 Å². The van der Waals surface area contributed by atoms with Gasteiger partial charge in [0.25, 0.3) is 0 Å². The quantitative estimate of drug-likeness (QED) is 0.112. The molecular formula is C66H38N6S. The van der Waals surface area contributed by atoms with Gasteiger partial charge >= 0.3 is 0 Å². The Labute approximate surface area is 425 Å². The van der Waals surface area contributed by atoms with Gasteiger partial charge in [0.15, 0.2) is 0 Å². The average molecular weight is 947 g/mol. The maximum atomic E-state index is 11.3. The number of fused-ring (bicyclic) bond motifs is 6. The number of thiophene rings is 1. The summed E-state index contributed by atoms with van der Waals surface area (Å²) in [6, 6.07) is 78.6. The van der Waals surface area contributed by atoms with Crippen LogP contribution in [0.5, 0.6) is 0 Å². The lowest BCUT2D eigenvalue weighted by atomic mass is 9.91. The molecule has 0 aliphatic heterocycles. The summed E-state index contributed by atoms with van der Waals surface area (Å²) in [7, 11) is 0. The van der Waals surface area contributed by atoms with Crippen LogP contribution in [0.1, 0.15) is 5.56 Å². The van der Waals surface area contributed by atoms with Crippen LogP contribution in [-0.2, 0) is 0 Å². The molecule has 338 valence electrons. The average Bonchev–Trinajstić information content (AvgIpc) is 3.96. The van der Waals surface area contributed by atoms with Crippen molar-refractivity contribution in [2.75, 3.05) is 0 Å². The molecule has 0 unspecified atom stereocenters. The maximum Gasteiger partial charge on any atom is 0.221 e. The first-order valence-electron chi connectivity index (χ1n) is 24.0. The number of nitrogens with zero attached hydrogens (tertiary/aromatic N) is 6. The molecule has 0 fully saturated rings. The van der Waals surface area contributed by atoms with Crippen LogP contribution in [0.3, 0.4) is 0 Å². The van der Waals surface area contributed by atoms with Gasteiger partial charge in [0.1, 0.15) is 6.07 Å². The summed E-state index contributed by atoms with van der Waals surface area (Å²) >= 11 is 1.55. The highest BCUT2D eigenvalue weighted by molar-refractivity contribution is 7.14. The number of pyridine rings is 4. The molecule has 0 N–H and O–H groups in total. The second kappa shape index (κ2) is 18.1. The zero-order chi connectivity index (χ0) is 48.8. The van der Waals surface area contributed by atoms with Gasteiger partial charge in [-0.15, -0.1) is 11.3 Å². The van der Waals surface area contributed by atoms with E-state index in [0.717, 1.165) is 110 Å². The van der Waals surface area contributed by atoms with E-state index in [0.29, 0.717) is 33.7 Å². The van der Waals surface area contributed by atoms with E-state index in [1.165, 1.54) is 0 Å². The van der Waals surface area contributed by atoms with E-state index in [1.54, 1.807) is 11.3 Å². The van der Waals surface area contributed by atoms with Crippen molar-refractivity contribution in [3.8, 4) is 94.9 Å². The number of aromatic nitrogens is 4. The monoisotopic (exact) mass is 946 g/mol. The van der Waals surface area contributed by atoms with Crippen molar-refractivity contribution in [3.05, 3.63) is 247 Å². The van der Waals surface area contributed by atoms with Crippen LogP contribution in [0.2, 0.25) is 0 Å². The van der Waals surface area contributed by atoms with E-state index in [-0.39, 0.29) is 0 Å². The molecule has 0 aliphatic carbocycles. The van der Waals surface area contributed by atoms with Crippen LogP contribution < -0.4 is 0 Å². The molecule has 7 heteroatoms. The Kier molecular flexibility index (Phi) is 10.7. The summed E-state index contributed by atoms with van der Waals surface area (Å²) in [4.78, 5) is 26.9. The van der Waals surface area contributed by atoms with Crippen LogP contribution in [-0.4, -0.2) is 19.9 Å². The summed E-state index contributed by atoms with van der Waals surface area (Å²) in [5.74, 6) is 0. The Hall–Kier alpha value is -9.92. The third-order valence-electron chi connectivity index (χ3n) is 13.6. The van der Waals surface area contributed by atoms with Crippen molar-refractivity contribution >= 4 is 60.6 Å². The van der Waals surface area contributed by atoms with E-state index < -0.39 is 0 Å². The number of hydrogen-bond acceptors (Lipinski definition) is 6. The molecule has 0 amide bonds. The standard InChI is InChI=1S/C66H38N6S/c1-68-66-58(50-34-32-48-52(41-20-8-2-9-21-41)37-55(43-24-12-4-13-25-43)69-62(48)64(50)72-61(66)46-30-18-7-19-31-46)47-36-57(73-40-47)59-51-35-33-49-53(42-22-10-3-11-23-42)38-56(44-26-14-5-15-27-44)70-63(49)65(51)71-60(54(59)39-67)45-28-16-6-17-29-45/h2-38,40H. The smallest absolute Gasteiger partial charge is 0.221 e. The highest BCUT2D eigenvalue weighted by Crippen LogP contribution is 2.49. The summed E-state index contributed by atoms with van der Waals surface area (Å²) in [5, 5.41) is 17.0. The zero-order valence-corrected chi connectivity index (χ0v) is 39.8. The number of rotatable bonds is 8. The van der Waals surface area contributed by atoms with Crippen LogP contribution in [0, 0.1) is 17.9 Å². The van der Waals surface area contributed by atoms with Crippen LogP contribution in [0.25, 0.3) is 137 Å². The van der Waals surface area contributed by atoms with Gasteiger partial charge in [0, 0.05) is 48.9 Å². The first-order chi connectivity index (χ1) is 36.1. The first kappa shape index (κ1) is 43.1. The number of hydrogen-bond donors (Lipinski definition) is 0. The zero-order valence-electron chi connectivity index (χ0n) is 39.0. The van der Waals surface area contributed by atoms with Gasteiger partial charge in [-0.3, -0.25) is 4.98 Å². The maximum absolute atomic E-state index is 11.3. The van der Waals surface area contributed by atoms with Gasteiger partial charge in [-0.2, -0.15) is 5.26 Å². The number of benzene rings is 8. The summed E-state index contributed by atoms with van der Waals surface area (Å²) in [6.45, 7) is 8.87. The summed E-state index contributed by atoms with van der Waals surface area (Å²) in [6.07, 6.45) is 0. The Morgan fingerprint density at radius 2 is 0.767 bits per heavy atom. The van der Waals surface area contributed by atoms with Crippen LogP contribution in [0.4, 0.5) is 5.69 Å². The van der Waals surface area contributed by atoms with Crippen molar-refractivity contribution in [2.45, 2.75) is 0 Å². The SMILES string of the molecule is [C-]#[N+]c1c(-c2ccccc2)nc2c(ccc3c(-c4ccccc4)cc(-c4ccccc4)nc32)c1-c1csc(-c2c(C#N)c(-c3ccccc3)nc3c2ccc2c(-c4ccccc4)cc(-c4ccccc4)nc23)c1. The van der Waals surface area contributed by atoms with Gasteiger partial charge < -0.3 is 0 Å². The van der Waals surface area contributed by atoms with Gasteiger partial charge in [-0.05, 0) is 62.3 Å². The second-order valence-electron chi connectivity index (χ2n) is 17.8. The van der Waals surface area contributed by atoms with Gasteiger partial charge in [0.2, 0.25) is 5.69 Å². The van der Waals surface area contributed by atoms with Crippen molar-refractivity contribution < 1.29 is 0 Å². The van der Waals surface area contributed by atoms with Crippen molar-refractivity contribution in [1.82, 2.24) is 19.9 Å². The molecule has 5 aromatic heterocycles. The van der Waals surface area contributed by atoms with Crippen LogP contribution >= 0.6 is 11.3 Å². The minimum Gasteiger partial charge on any atom is -0.257 e. The molecule has 0 aliphatic rings. The fourth-order valence-electron chi connectivity index (χ4n) is 10.2. The number of nitriles is 1. The molecule has 8 aromatic carbocycles. The molecule has 0 spiro atoms. The van der Waals surface area contributed by atoms with Crippen molar-refractivity contribution in [2.24, 2.45) is 0 Å². The molecule has 73 heavy (non-hydrogen) atoms. The van der Waals surface area contributed by atoms with Crippen LogP contribution in [0.15, 0.2) is 230 Å². The Bertz CT molecular complexity index is 4080. The lowest BCUT2D eigenvalue weighted by Gasteiger charge is -2.17. The van der Waals surface area contributed by atoms with E-state index >= 15 is 0 Å². The van der Waals surface area contributed by atoms with Crippen molar-refractivity contribution in [1.29, 1.82) is 5.26 Å². The first-order valence-corrected chi connectivity index (χ1v) is 24.8. The van der Waals surface area contributed by atoms with Gasteiger partial charge in [-0.25, -0.2) is 19.8 Å². The third kappa shape index (κ3) is 7.48. The molecule has 5 heterocycles. The van der Waals surface area contributed by atoms with E-state index in [9.17, 15) is 5.26 Å². The van der Waals surface area contributed by atoms with E-state index in [4.69, 9.17) is 26.5 Å². The fourth-order valence-corrected chi connectivity index (χ4v) is 11.2. The Morgan fingerprint density at radius 3 is 1.22 bits per heavy atom. The Morgan fingerprint density at radius 1 is 0.384 bits per heavy atom. The molecule has 6 nitrogen and oxygen atoms in total. The highest BCUT2D eigenvalue weighted by Gasteiger charge is 2.26. The van der Waals surface area contributed by atoms with E-state index in [1.807, 2.05) is 109 Å². The molecule has 0 radical (unpaired) electrons. The highest BCUT2D eigenvalue weighted by atomic mass is 32.1. The molecule has 0 saturated heterocycles. The van der Waals surface area contributed by atoms with Crippen molar-refractivity contribution in [3.63, 3.8) is 0 Å². The predicted octanol–water partition coefficient (Wildman–Crippen LogP) is 17.7. The minimum atomic E-state index is 0.437. The normalized spacial score (nSPS) is 11.3. The minimum absolute atomic E-state index is 0.437. The molecular weight excluding hydrogens is 909 g/mol. The summed E-state index contributed by atoms with van der Waals surface area (Å²) < 4.78 is 0. The lowest BCUT2D eigenvalue weighted by Crippen LogP contribution is -1.98. The molecule has 0 saturated carbocycles. The second-order valence-corrected chi connectivity index (χ2v) is 18.8. The third-order valence-corrected chi connectivity index (χ3v) is 14.6. The van der Waals surface area contributed by atoms with Gasteiger partial charge in [0.05, 0.1) is 57.0 Å². The van der Waals surface area contributed by atoms with Gasteiger partial charge in [-0.1, -0.05) is 206 Å². The largest absolute Gasteiger partial charge is 0.257 e. The molecule has 13 aromatic rings. The molecule has 0 atom stereocenters. The molecule has 0 bridgehead atoms. The summed E-state index contributed by atoms with van der Waals surface area (Å²) in [5.41, 5.74) is 16.8. The fraction of sp³-hybridized carbons (Fsp3) is 0. The van der Waals surface area contributed by atoms with E-state index in [2.05, 4.69) is 132 Å². The predicted molar refractivity (Wildman–Crippen MR) is 300 cm³/mol. The Balaban J connectivity index is 1.11.